The molecule has 2 aromatic carbocycles. The van der Waals surface area contributed by atoms with Crippen molar-refractivity contribution in [2.75, 3.05) is 43.5 Å². The molecule has 36 heavy (non-hydrogen) atoms. The van der Waals surface area contributed by atoms with Gasteiger partial charge in [0.25, 0.3) is 0 Å². The van der Waals surface area contributed by atoms with Gasteiger partial charge in [-0.3, -0.25) is 13.9 Å². The van der Waals surface area contributed by atoms with E-state index in [-0.39, 0.29) is 23.9 Å². The fourth-order valence-corrected chi connectivity index (χ4v) is 4.79. The Balaban J connectivity index is 1.93. The molecular formula is C25H33N3O7S. The molecule has 0 aromatic heterocycles. The minimum atomic E-state index is -3.83. The number of methoxy groups -OCH3 is 1. The number of carbonyl (C=O) groups is 2. The topological polar surface area (TPSA) is 114 Å². The predicted octanol–water partition coefficient (Wildman–Crippen LogP) is 2.18. The number of fused-ring (bicyclic) bond motifs is 1. The maximum atomic E-state index is 13.6. The van der Waals surface area contributed by atoms with Gasteiger partial charge in [0, 0.05) is 19.2 Å². The lowest BCUT2D eigenvalue weighted by Crippen LogP contribution is -2.51. The van der Waals surface area contributed by atoms with E-state index in [1.165, 1.54) is 11.8 Å². The van der Waals surface area contributed by atoms with Crippen LogP contribution in [-0.2, 0) is 26.2 Å². The molecular weight excluding hydrogens is 486 g/mol. The zero-order valence-electron chi connectivity index (χ0n) is 21.0. The average Bonchev–Trinajstić information content (AvgIpc) is 2.89. The molecule has 0 saturated carbocycles. The maximum absolute atomic E-state index is 13.6. The van der Waals surface area contributed by atoms with Crippen molar-refractivity contribution in [2.24, 2.45) is 0 Å². The number of likely N-dealkylation sites (N-methyl/N-ethyl adjacent to an activating group) is 1. The Morgan fingerprint density at radius 2 is 1.72 bits per heavy atom. The molecule has 1 aliphatic heterocycles. The fraction of sp³-hybridized carbons (Fsp3) is 0.440. The van der Waals surface area contributed by atoms with Crippen LogP contribution in [0.2, 0.25) is 0 Å². The molecule has 1 heterocycles. The van der Waals surface area contributed by atoms with E-state index in [0.717, 1.165) is 9.87 Å². The van der Waals surface area contributed by atoms with Crippen LogP contribution in [-0.4, -0.2) is 70.3 Å². The number of hydrogen-bond donors (Lipinski definition) is 1. The summed E-state index contributed by atoms with van der Waals surface area (Å²) in [7, 11) is -2.28. The Bertz CT molecular complexity index is 1170. The minimum Gasteiger partial charge on any atom is -0.497 e. The molecule has 0 radical (unpaired) electrons. The van der Waals surface area contributed by atoms with Gasteiger partial charge in [-0.1, -0.05) is 12.1 Å². The first-order valence-corrected chi connectivity index (χ1v) is 13.4. The van der Waals surface area contributed by atoms with E-state index in [0.29, 0.717) is 37.0 Å². The van der Waals surface area contributed by atoms with E-state index < -0.39 is 28.5 Å². The molecule has 196 valence electrons. The zero-order chi connectivity index (χ0) is 26.3. The van der Waals surface area contributed by atoms with Crippen molar-refractivity contribution in [3.63, 3.8) is 0 Å². The second-order valence-electron chi connectivity index (χ2n) is 8.18. The fourth-order valence-electron chi connectivity index (χ4n) is 3.74. The number of benzene rings is 2. The Morgan fingerprint density at radius 1 is 1.06 bits per heavy atom. The molecule has 10 nitrogen and oxygen atoms in total. The van der Waals surface area contributed by atoms with E-state index in [9.17, 15) is 18.0 Å². The van der Waals surface area contributed by atoms with Gasteiger partial charge < -0.3 is 24.4 Å². The van der Waals surface area contributed by atoms with Gasteiger partial charge >= 0.3 is 0 Å². The van der Waals surface area contributed by atoms with Crippen LogP contribution >= 0.6 is 0 Å². The number of amides is 2. The molecule has 0 saturated heterocycles. The van der Waals surface area contributed by atoms with E-state index in [4.69, 9.17) is 14.2 Å². The lowest BCUT2D eigenvalue weighted by atomic mass is 10.1. The zero-order valence-corrected chi connectivity index (χ0v) is 21.8. The molecule has 0 unspecified atom stereocenters. The second kappa shape index (κ2) is 12.0. The van der Waals surface area contributed by atoms with Crippen LogP contribution in [0.15, 0.2) is 42.5 Å². The standard InChI is InChI=1S/C25H33N3O7S/c1-5-26-25(30)18(3)27(16-19-7-10-21(33-4)11-8-19)24(29)17-28(36(31,32)6-2)20-9-12-22-23(15-20)35-14-13-34-22/h7-12,15,18H,5-6,13-14,16-17H2,1-4H3,(H,26,30)/t18-/m0/s1. The van der Waals surface area contributed by atoms with Crippen LogP contribution < -0.4 is 23.8 Å². The molecule has 0 aliphatic carbocycles. The number of nitrogens with one attached hydrogen (secondary N) is 1. The Kier molecular flexibility index (Phi) is 9.03. The minimum absolute atomic E-state index is 0.113. The van der Waals surface area contributed by atoms with Crippen molar-refractivity contribution >= 4 is 27.5 Å². The molecule has 1 N–H and O–H groups in total. The number of sulfonamides is 1. The Morgan fingerprint density at radius 3 is 2.33 bits per heavy atom. The summed E-state index contributed by atoms with van der Waals surface area (Å²) in [5.41, 5.74) is 1.05. The Hall–Kier alpha value is -3.47. The molecule has 0 bridgehead atoms. The molecule has 11 heteroatoms. The highest BCUT2D eigenvalue weighted by Crippen LogP contribution is 2.35. The highest BCUT2D eigenvalue weighted by molar-refractivity contribution is 7.92. The molecule has 1 atom stereocenters. The summed E-state index contributed by atoms with van der Waals surface area (Å²) in [5, 5.41) is 2.73. The second-order valence-corrected chi connectivity index (χ2v) is 10.4. The molecule has 3 rings (SSSR count). The van der Waals surface area contributed by atoms with E-state index in [1.54, 1.807) is 63.4 Å². The first kappa shape index (κ1) is 27.1. The van der Waals surface area contributed by atoms with Gasteiger partial charge in [-0.05, 0) is 50.6 Å². The molecule has 0 fully saturated rings. The van der Waals surface area contributed by atoms with Crippen molar-refractivity contribution in [2.45, 2.75) is 33.4 Å². The van der Waals surface area contributed by atoms with Gasteiger partial charge in [0.1, 0.15) is 31.5 Å². The smallest absolute Gasteiger partial charge is 0.244 e. The van der Waals surface area contributed by atoms with Gasteiger partial charge in [0.2, 0.25) is 21.8 Å². The monoisotopic (exact) mass is 519 g/mol. The molecule has 1 aliphatic rings. The third-order valence-corrected chi connectivity index (χ3v) is 7.56. The number of carbonyl (C=O) groups excluding carboxylic acids is 2. The highest BCUT2D eigenvalue weighted by atomic mass is 32.2. The number of ether oxygens (including phenoxy) is 3. The van der Waals surface area contributed by atoms with Gasteiger partial charge in [-0.2, -0.15) is 0 Å². The summed E-state index contributed by atoms with van der Waals surface area (Å²) < 4.78 is 43.5. The van der Waals surface area contributed by atoms with Gasteiger partial charge in [0.15, 0.2) is 11.5 Å². The summed E-state index contributed by atoms with van der Waals surface area (Å²) in [6.45, 7) is 5.71. The summed E-state index contributed by atoms with van der Waals surface area (Å²) in [6.07, 6.45) is 0. The normalized spacial score (nSPS) is 13.4. The lowest BCUT2D eigenvalue weighted by Gasteiger charge is -2.32. The van der Waals surface area contributed by atoms with Crippen LogP contribution in [0.3, 0.4) is 0 Å². The number of nitrogens with zero attached hydrogens (tertiary/aromatic N) is 2. The van der Waals surface area contributed by atoms with E-state index >= 15 is 0 Å². The highest BCUT2D eigenvalue weighted by Gasteiger charge is 2.31. The summed E-state index contributed by atoms with van der Waals surface area (Å²) in [4.78, 5) is 27.7. The van der Waals surface area contributed by atoms with Crippen LogP contribution in [0.4, 0.5) is 5.69 Å². The van der Waals surface area contributed by atoms with Gasteiger partial charge in [0.05, 0.1) is 18.6 Å². The van der Waals surface area contributed by atoms with Crippen molar-refractivity contribution in [3.8, 4) is 17.2 Å². The first-order valence-electron chi connectivity index (χ1n) is 11.8. The third kappa shape index (κ3) is 6.39. The van der Waals surface area contributed by atoms with Crippen molar-refractivity contribution in [1.29, 1.82) is 0 Å². The van der Waals surface area contributed by atoms with Gasteiger partial charge in [-0.15, -0.1) is 0 Å². The van der Waals surface area contributed by atoms with Crippen LogP contribution in [0.25, 0.3) is 0 Å². The number of anilines is 1. The first-order chi connectivity index (χ1) is 17.2. The lowest BCUT2D eigenvalue weighted by molar-refractivity contribution is -0.139. The van der Waals surface area contributed by atoms with Crippen LogP contribution in [0.5, 0.6) is 17.2 Å². The SMILES string of the molecule is CCNC(=O)[C@H](C)N(Cc1ccc(OC)cc1)C(=O)CN(c1ccc2c(c1)OCCO2)S(=O)(=O)CC. The molecule has 2 amide bonds. The van der Waals surface area contributed by atoms with Crippen molar-refractivity contribution in [1.82, 2.24) is 10.2 Å². The van der Waals surface area contributed by atoms with Crippen LogP contribution in [0.1, 0.15) is 26.3 Å². The molecule has 2 aromatic rings. The maximum Gasteiger partial charge on any atom is 0.244 e. The van der Waals surface area contributed by atoms with Crippen LogP contribution in [0, 0.1) is 0 Å². The summed E-state index contributed by atoms with van der Waals surface area (Å²) in [5.74, 6) is 0.524. The van der Waals surface area contributed by atoms with Crippen molar-refractivity contribution in [3.05, 3.63) is 48.0 Å². The van der Waals surface area contributed by atoms with Gasteiger partial charge in [-0.25, -0.2) is 8.42 Å². The Labute approximate surface area is 212 Å². The predicted molar refractivity (Wildman–Crippen MR) is 136 cm³/mol. The van der Waals surface area contributed by atoms with E-state index in [2.05, 4.69) is 5.32 Å². The average molecular weight is 520 g/mol. The third-order valence-electron chi connectivity index (χ3n) is 5.82. The summed E-state index contributed by atoms with van der Waals surface area (Å²) >= 11 is 0. The summed E-state index contributed by atoms with van der Waals surface area (Å²) in [6, 6.07) is 11.0. The van der Waals surface area contributed by atoms with Crippen molar-refractivity contribution < 1.29 is 32.2 Å². The quantitative estimate of drug-likeness (QED) is 0.484. The largest absolute Gasteiger partial charge is 0.497 e. The molecule has 0 spiro atoms. The number of rotatable bonds is 11. The van der Waals surface area contributed by atoms with E-state index in [1.807, 2.05) is 0 Å². The number of hydrogen-bond acceptors (Lipinski definition) is 7.